The number of piperidine rings is 1. The van der Waals surface area contributed by atoms with E-state index in [9.17, 15) is 28.0 Å². The van der Waals surface area contributed by atoms with Crippen molar-refractivity contribution in [1.82, 2.24) is 54.8 Å². The molecule has 3 aliphatic heterocycles. The van der Waals surface area contributed by atoms with Gasteiger partial charge in [-0.15, -0.1) is 25.2 Å². The number of benzene rings is 3. The quantitative estimate of drug-likeness (QED) is 0.0772. The fraction of sp³-hybridized carbons (Fsp3) is 0.361. The highest BCUT2D eigenvalue weighted by molar-refractivity contribution is 7.19. The molecule has 0 spiro atoms. The lowest BCUT2D eigenvalue weighted by Crippen LogP contribution is -2.55. The smallest absolute Gasteiger partial charge is 0.395 e. The van der Waals surface area contributed by atoms with E-state index in [0.717, 1.165) is 75.5 Å². The van der Waals surface area contributed by atoms with Gasteiger partial charge in [0, 0.05) is 95.9 Å². The second-order valence-corrected chi connectivity index (χ2v) is 24.3. The molecule has 8 heterocycles. The first-order chi connectivity index (χ1) is 39.9. The van der Waals surface area contributed by atoms with Crippen LogP contribution in [0.1, 0.15) is 88.3 Å². The zero-order chi connectivity index (χ0) is 57.5. The first-order valence-corrected chi connectivity index (χ1v) is 29.1. The maximum atomic E-state index is 13.7. The van der Waals surface area contributed by atoms with Gasteiger partial charge in [-0.1, -0.05) is 41.1 Å². The number of carbonyl (C=O) groups is 4. The number of rotatable bonds is 18. The molecule has 13 rings (SSSR count). The van der Waals surface area contributed by atoms with Gasteiger partial charge in [0.15, 0.2) is 11.5 Å². The molecule has 426 valence electrons. The molecule has 4 amide bonds. The summed E-state index contributed by atoms with van der Waals surface area (Å²) in [7, 11) is 0. The number of imide groups is 1. The first-order valence-electron chi connectivity index (χ1n) is 27.9. The molecule has 18 nitrogen and oxygen atoms in total. The van der Waals surface area contributed by atoms with Crippen LogP contribution in [0.25, 0.3) is 32.6 Å². The lowest BCUT2D eigenvalue weighted by molar-refractivity contribution is -0.286. The summed E-state index contributed by atoms with van der Waals surface area (Å²) in [5.74, 6) is -0.843. The number of nitrogens with one attached hydrogen (secondary N) is 2. The molecule has 2 saturated heterocycles. The summed E-state index contributed by atoms with van der Waals surface area (Å²) >= 11 is 8.37. The topological polar surface area (TPSA) is 195 Å². The number of fused-ring (bicyclic) bond motifs is 3. The summed E-state index contributed by atoms with van der Waals surface area (Å²) in [6.07, 6.45) is 6.49. The average molecular weight is 1160 g/mol. The number of hydrogen-bond donors (Lipinski definition) is 2. The average Bonchev–Trinajstić information content (AvgIpc) is 2.63. The Morgan fingerprint density at radius 3 is 2.42 bits per heavy atom. The van der Waals surface area contributed by atoms with Crippen molar-refractivity contribution >= 4 is 62.6 Å². The van der Waals surface area contributed by atoms with Crippen molar-refractivity contribution in [3.63, 3.8) is 0 Å². The van der Waals surface area contributed by atoms with Crippen LogP contribution >= 0.6 is 22.9 Å². The van der Waals surface area contributed by atoms with E-state index in [4.69, 9.17) is 21.7 Å². The number of pyridine rings is 2. The van der Waals surface area contributed by atoms with Crippen molar-refractivity contribution in [3.05, 3.63) is 153 Å². The van der Waals surface area contributed by atoms with Crippen molar-refractivity contribution in [1.29, 1.82) is 0 Å². The van der Waals surface area contributed by atoms with Gasteiger partial charge in [0.25, 0.3) is 5.91 Å². The Hall–Kier alpha value is -7.98. The zero-order valence-corrected chi connectivity index (χ0v) is 47.6. The van der Waals surface area contributed by atoms with Gasteiger partial charge in [0.05, 0.1) is 58.6 Å². The number of nitrogens with zero attached hydrogens (tertiary/aromatic N) is 10. The second kappa shape index (κ2) is 21.3. The zero-order valence-electron chi connectivity index (χ0n) is 46.1. The number of amides is 4. The highest BCUT2D eigenvalue weighted by atomic mass is 35.5. The molecule has 0 radical (unpaired) electrons. The minimum atomic E-state index is -3.75. The molecule has 22 heteroatoms. The SMILES string of the molecule is Cc1ccc(NC(=O)C2(c3ccc4c(c3)OC(F)(F)O4)CC2)nc1-c1cccc(C(=O)NCc2cn(CCCn3cc(CN4C[C@H](C)N(Cc5c(C)cc(Cl)cc5-c5ccnc6cc(CN7C(=O)C8CC8C7=O)sc56)[C@@H](C)C4)cn3)nn2)c1. The summed E-state index contributed by atoms with van der Waals surface area (Å²) in [6.45, 7) is 13.7. The van der Waals surface area contributed by atoms with E-state index in [-0.39, 0.29) is 72.1 Å². The number of ether oxygens (including phenoxy) is 2. The minimum absolute atomic E-state index is 0.0507. The van der Waals surface area contributed by atoms with E-state index in [2.05, 4.69) is 78.2 Å². The molecule has 4 atom stereocenters. The lowest BCUT2D eigenvalue weighted by Gasteiger charge is -2.45. The van der Waals surface area contributed by atoms with E-state index >= 15 is 0 Å². The summed E-state index contributed by atoms with van der Waals surface area (Å²) in [5.41, 5.74) is 9.23. The van der Waals surface area contributed by atoms with E-state index in [1.807, 2.05) is 60.5 Å². The van der Waals surface area contributed by atoms with Crippen molar-refractivity contribution in [2.45, 2.75) is 116 Å². The van der Waals surface area contributed by atoms with Crippen molar-refractivity contribution in [3.8, 4) is 33.9 Å². The van der Waals surface area contributed by atoms with Crippen molar-refractivity contribution < 1.29 is 37.4 Å². The Morgan fingerprint density at radius 2 is 1.63 bits per heavy atom. The molecule has 2 N–H and O–H groups in total. The third-order valence-electron chi connectivity index (χ3n) is 16.7. The third-order valence-corrected chi connectivity index (χ3v) is 18.1. The number of hydrogen-bond acceptors (Lipinski definition) is 14. The fourth-order valence-electron chi connectivity index (χ4n) is 12.2. The lowest BCUT2D eigenvalue weighted by atomic mass is 9.94. The van der Waals surface area contributed by atoms with Gasteiger partial charge in [-0.25, -0.2) is 4.98 Å². The van der Waals surface area contributed by atoms with Crippen LogP contribution in [0.5, 0.6) is 11.5 Å². The van der Waals surface area contributed by atoms with Crippen molar-refractivity contribution in [2.24, 2.45) is 11.8 Å². The first kappa shape index (κ1) is 54.3. The van der Waals surface area contributed by atoms with Gasteiger partial charge in [0.1, 0.15) is 11.5 Å². The van der Waals surface area contributed by atoms with Crippen LogP contribution in [-0.2, 0) is 59.1 Å². The summed E-state index contributed by atoms with van der Waals surface area (Å²) in [5, 5.41) is 19.8. The summed E-state index contributed by atoms with van der Waals surface area (Å²) in [6, 6.07) is 23.7. The maximum absolute atomic E-state index is 13.7. The Bertz CT molecular complexity index is 3890. The number of thiophene rings is 1. The van der Waals surface area contributed by atoms with Crippen LogP contribution in [0.15, 0.2) is 104 Å². The summed E-state index contributed by atoms with van der Waals surface area (Å²) < 4.78 is 41.3. The number of alkyl halides is 2. The minimum Gasteiger partial charge on any atom is -0.395 e. The van der Waals surface area contributed by atoms with Crippen LogP contribution < -0.4 is 20.1 Å². The van der Waals surface area contributed by atoms with E-state index in [0.29, 0.717) is 71.3 Å². The number of likely N-dealkylation sites (tertiary alicyclic amines) is 1. The normalized spacial score (nSPS) is 20.5. The molecule has 2 saturated carbocycles. The Labute approximate surface area is 485 Å². The number of anilines is 1. The fourth-order valence-corrected chi connectivity index (χ4v) is 13.6. The van der Waals surface area contributed by atoms with Gasteiger partial charge >= 0.3 is 6.29 Å². The van der Waals surface area contributed by atoms with Crippen LogP contribution in [0.3, 0.4) is 0 Å². The van der Waals surface area contributed by atoms with Crippen LogP contribution in [-0.4, -0.2) is 105 Å². The van der Waals surface area contributed by atoms with E-state index in [1.54, 1.807) is 46.4 Å². The predicted molar refractivity (Wildman–Crippen MR) is 306 cm³/mol. The molecule has 4 fully saturated rings. The molecule has 0 bridgehead atoms. The Balaban J connectivity index is 0.577. The molecule has 5 aromatic heterocycles. The molecule has 2 aliphatic carbocycles. The molecule has 5 aliphatic rings. The molecule has 83 heavy (non-hydrogen) atoms. The van der Waals surface area contributed by atoms with Gasteiger partial charge < -0.3 is 20.1 Å². The Kier molecular flexibility index (Phi) is 14.0. The molecular weight excluding hydrogens is 1100 g/mol. The summed E-state index contributed by atoms with van der Waals surface area (Å²) in [4.78, 5) is 69.6. The molecular formula is C61H59ClF2N12O6S. The maximum Gasteiger partial charge on any atom is 0.586 e. The van der Waals surface area contributed by atoms with E-state index in [1.165, 1.54) is 22.6 Å². The largest absolute Gasteiger partial charge is 0.586 e. The number of carbonyl (C=O) groups excluding carboxylic acids is 4. The van der Waals surface area contributed by atoms with Crippen LogP contribution in [0.2, 0.25) is 5.02 Å². The Morgan fingerprint density at radius 1 is 0.843 bits per heavy atom. The number of piperazine rings is 1. The third kappa shape index (κ3) is 10.9. The molecule has 8 aromatic rings. The van der Waals surface area contributed by atoms with Crippen LogP contribution in [0, 0.1) is 25.7 Å². The number of aryl methyl sites for hydroxylation is 4. The number of aromatic nitrogens is 7. The van der Waals surface area contributed by atoms with Crippen molar-refractivity contribution in [2.75, 3.05) is 18.4 Å². The standard InChI is InChI=1S/C61H59ClF2N12O6S/c1-34-9-12-53(69-59(80)60(14-15-60)41-10-11-51-52(21-41)82-61(63,64)81-51)68-54(34)39-7-5-8-40(20-39)56(77)66-26-43-31-74(71-70-43)18-6-17-73-30-38(25-67-73)29-72-27-36(3)75(37(4)28-72)33-49-35(2)19-42(62)22-46(49)45-13-16-65-50-23-44(83-55(45)50)32-76-57(78)47-24-48(47)58(76)79/h5,7-13,16,19-23,25,30-31,36-37,47-48H,6,14-15,17-18,24,26-29,32-33H2,1-4H3,(H,66,77)(H,68,69,80)/t36-,37-,47?,48?/m0/s1. The second-order valence-electron chi connectivity index (χ2n) is 22.7. The number of halogens is 3. The van der Waals surface area contributed by atoms with Gasteiger partial charge in [-0.05, 0) is 136 Å². The van der Waals surface area contributed by atoms with Gasteiger partial charge in [-0.2, -0.15) is 5.10 Å². The molecule has 3 aromatic carbocycles. The van der Waals surface area contributed by atoms with Gasteiger partial charge in [-0.3, -0.25) is 48.2 Å². The highest BCUT2D eigenvalue weighted by Crippen LogP contribution is 2.53. The highest BCUT2D eigenvalue weighted by Gasteiger charge is 2.59. The monoisotopic (exact) mass is 1160 g/mol. The molecule has 2 unspecified atom stereocenters. The van der Waals surface area contributed by atoms with E-state index < -0.39 is 11.7 Å². The van der Waals surface area contributed by atoms with Crippen LogP contribution in [0.4, 0.5) is 14.6 Å². The van der Waals surface area contributed by atoms with Gasteiger partial charge in [0.2, 0.25) is 17.7 Å². The predicted octanol–water partition coefficient (Wildman–Crippen LogP) is 9.70.